The van der Waals surface area contributed by atoms with E-state index in [1.807, 2.05) is 35.2 Å². The normalized spacial score (nSPS) is 26.5. The monoisotopic (exact) mass is 358 g/mol. The molecule has 3 fully saturated rings. The zero-order valence-corrected chi connectivity index (χ0v) is 15.0. The van der Waals surface area contributed by atoms with Crippen molar-refractivity contribution in [2.45, 2.75) is 37.8 Å². The number of morpholine rings is 1. The molecule has 0 radical (unpaired) electrons. The van der Waals surface area contributed by atoms with Gasteiger partial charge in [0.05, 0.1) is 19.8 Å². The lowest BCUT2D eigenvalue weighted by Gasteiger charge is -2.35. The highest BCUT2D eigenvalue weighted by molar-refractivity contribution is 5.89. The molecule has 0 unspecified atom stereocenters. The molecule has 2 amide bonds. The van der Waals surface area contributed by atoms with Gasteiger partial charge >= 0.3 is 0 Å². The summed E-state index contributed by atoms with van der Waals surface area (Å²) in [6, 6.07) is 9.22. The third-order valence-corrected chi connectivity index (χ3v) is 5.65. The Morgan fingerprint density at radius 2 is 1.77 bits per heavy atom. The summed E-state index contributed by atoms with van der Waals surface area (Å²) >= 11 is 0. The molecule has 0 bridgehead atoms. The van der Waals surface area contributed by atoms with Crippen molar-refractivity contribution in [3.8, 4) is 5.75 Å². The number of rotatable bonds is 4. The lowest BCUT2D eigenvalue weighted by atomic mass is 9.84. The molecule has 3 aliphatic rings. The van der Waals surface area contributed by atoms with E-state index in [9.17, 15) is 9.59 Å². The second kappa shape index (κ2) is 7.66. The Labute approximate surface area is 154 Å². The van der Waals surface area contributed by atoms with Crippen LogP contribution in [0.1, 0.15) is 25.7 Å². The van der Waals surface area contributed by atoms with Gasteiger partial charge in [0.1, 0.15) is 17.9 Å². The van der Waals surface area contributed by atoms with Crippen molar-refractivity contribution < 1.29 is 19.1 Å². The fourth-order valence-electron chi connectivity index (χ4n) is 3.94. The number of ether oxygens (including phenoxy) is 2. The number of para-hydroxylation sites is 1. The second-order valence-corrected chi connectivity index (χ2v) is 7.36. The van der Waals surface area contributed by atoms with Crippen molar-refractivity contribution in [2.75, 3.05) is 32.8 Å². The van der Waals surface area contributed by atoms with Crippen molar-refractivity contribution in [3.63, 3.8) is 0 Å². The molecule has 4 rings (SSSR count). The first kappa shape index (κ1) is 17.3. The van der Waals surface area contributed by atoms with Crippen LogP contribution in [0.4, 0.5) is 0 Å². The van der Waals surface area contributed by atoms with Crippen LogP contribution in [0.25, 0.3) is 0 Å². The van der Waals surface area contributed by atoms with Gasteiger partial charge in [-0.3, -0.25) is 9.59 Å². The molecule has 1 saturated carbocycles. The molecule has 140 valence electrons. The molecule has 0 N–H and O–H groups in total. The number of carbonyl (C=O) groups excluding carboxylic acids is 2. The minimum absolute atomic E-state index is 0.0418. The molecule has 0 aromatic heterocycles. The van der Waals surface area contributed by atoms with Crippen LogP contribution in [0, 0.1) is 5.92 Å². The Bertz CT molecular complexity index is 640. The molecular weight excluding hydrogens is 332 g/mol. The van der Waals surface area contributed by atoms with Gasteiger partial charge in [0.2, 0.25) is 11.8 Å². The first-order chi connectivity index (χ1) is 12.7. The highest BCUT2D eigenvalue weighted by atomic mass is 16.5. The Balaban J connectivity index is 1.48. The zero-order chi connectivity index (χ0) is 17.9. The molecule has 2 atom stereocenters. The van der Waals surface area contributed by atoms with E-state index in [-0.39, 0.29) is 23.8 Å². The fraction of sp³-hybridized carbons (Fsp3) is 0.600. The maximum Gasteiger partial charge on any atom is 0.245 e. The smallest absolute Gasteiger partial charge is 0.245 e. The number of hydrogen-bond donors (Lipinski definition) is 0. The maximum absolute atomic E-state index is 13.1. The highest BCUT2D eigenvalue weighted by Crippen LogP contribution is 2.33. The van der Waals surface area contributed by atoms with Crippen LogP contribution < -0.4 is 4.74 Å². The molecule has 2 heterocycles. The van der Waals surface area contributed by atoms with Crippen LogP contribution in [0.3, 0.4) is 0 Å². The molecule has 0 spiro atoms. The Morgan fingerprint density at radius 1 is 1.04 bits per heavy atom. The molecule has 1 aromatic carbocycles. The van der Waals surface area contributed by atoms with E-state index in [1.54, 1.807) is 4.90 Å². The van der Waals surface area contributed by atoms with Crippen LogP contribution in [0.2, 0.25) is 0 Å². The average Bonchev–Trinajstić information content (AvgIpc) is 3.05. The van der Waals surface area contributed by atoms with E-state index >= 15 is 0 Å². The number of nitrogens with zero attached hydrogens (tertiary/aromatic N) is 2. The van der Waals surface area contributed by atoms with Crippen molar-refractivity contribution in [1.82, 2.24) is 9.80 Å². The SMILES string of the molecule is O=C([C@@H]1C[C@H](Oc2ccccc2)CN1C(=O)C1CCC1)N1CCOCC1. The number of hydrogen-bond acceptors (Lipinski definition) is 4. The summed E-state index contributed by atoms with van der Waals surface area (Å²) in [6.07, 6.45) is 3.41. The van der Waals surface area contributed by atoms with Crippen molar-refractivity contribution in [3.05, 3.63) is 30.3 Å². The summed E-state index contributed by atoms with van der Waals surface area (Å²) in [5.74, 6) is 1.04. The molecule has 2 aliphatic heterocycles. The van der Waals surface area contributed by atoms with Gasteiger partial charge in [-0.05, 0) is 25.0 Å². The average molecular weight is 358 g/mol. The first-order valence-electron chi connectivity index (χ1n) is 9.61. The molecule has 26 heavy (non-hydrogen) atoms. The van der Waals surface area contributed by atoms with Crippen LogP contribution in [0.15, 0.2) is 30.3 Å². The summed E-state index contributed by atoms with van der Waals surface area (Å²) in [5.41, 5.74) is 0. The van der Waals surface area contributed by atoms with Crippen LogP contribution in [-0.2, 0) is 14.3 Å². The van der Waals surface area contributed by atoms with Gasteiger partial charge in [0.25, 0.3) is 0 Å². The fourth-order valence-corrected chi connectivity index (χ4v) is 3.94. The first-order valence-corrected chi connectivity index (χ1v) is 9.61. The maximum atomic E-state index is 13.1. The molecule has 6 nitrogen and oxygen atoms in total. The lowest BCUT2D eigenvalue weighted by Crippen LogP contribution is -2.52. The van der Waals surface area contributed by atoms with Gasteiger partial charge in [-0.2, -0.15) is 0 Å². The van der Waals surface area contributed by atoms with E-state index in [0.717, 1.165) is 25.0 Å². The van der Waals surface area contributed by atoms with Crippen molar-refractivity contribution >= 4 is 11.8 Å². The minimum Gasteiger partial charge on any atom is -0.488 e. The number of carbonyl (C=O) groups is 2. The van der Waals surface area contributed by atoms with Crippen molar-refractivity contribution in [1.29, 1.82) is 0 Å². The molecule has 1 aliphatic carbocycles. The van der Waals surface area contributed by atoms with E-state index in [4.69, 9.17) is 9.47 Å². The van der Waals surface area contributed by atoms with Gasteiger partial charge in [-0.25, -0.2) is 0 Å². The molecule has 2 saturated heterocycles. The Kier molecular flexibility index (Phi) is 5.11. The quantitative estimate of drug-likeness (QED) is 0.822. The van der Waals surface area contributed by atoms with Crippen LogP contribution >= 0.6 is 0 Å². The predicted molar refractivity (Wildman–Crippen MR) is 95.7 cm³/mol. The summed E-state index contributed by atoms with van der Waals surface area (Å²) in [6.45, 7) is 2.83. The topological polar surface area (TPSA) is 59.1 Å². The molecule has 1 aromatic rings. The van der Waals surface area contributed by atoms with E-state index in [1.165, 1.54) is 0 Å². The Hall–Kier alpha value is -2.08. The van der Waals surface area contributed by atoms with Gasteiger partial charge in [-0.1, -0.05) is 24.6 Å². The van der Waals surface area contributed by atoms with Gasteiger partial charge < -0.3 is 19.3 Å². The summed E-state index contributed by atoms with van der Waals surface area (Å²) in [5, 5.41) is 0. The summed E-state index contributed by atoms with van der Waals surface area (Å²) in [7, 11) is 0. The molecular formula is C20H26N2O4. The lowest BCUT2D eigenvalue weighted by molar-refractivity contribution is -0.149. The number of likely N-dealkylation sites (tertiary alicyclic amines) is 1. The van der Waals surface area contributed by atoms with Crippen LogP contribution in [-0.4, -0.2) is 66.6 Å². The van der Waals surface area contributed by atoms with Gasteiger partial charge in [0, 0.05) is 25.4 Å². The zero-order valence-electron chi connectivity index (χ0n) is 15.0. The van der Waals surface area contributed by atoms with Gasteiger partial charge in [-0.15, -0.1) is 0 Å². The van der Waals surface area contributed by atoms with Crippen molar-refractivity contribution in [2.24, 2.45) is 5.92 Å². The third kappa shape index (κ3) is 3.56. The standard InChI is InChI=1S/C20H26N2O4/c23-19(15-5-4-6-15)22-14-17(26-16-7-2-1-3-8-16)13-18(22)20(24)21-9-11-25-12-10-21/h1-3,7-8,15,17-18H,4-6,9-14H2/t17-,18-/m0/s1. The van der Waals surface area contributed by atoms with E-state index in [2.05, 4.69) is 0 Å². The number of benzene rings is 1. The van der Waals surface area contributed by atoms with E-state index in [0.29, 0.717) is 39.3 Å². The molecule has 6 heteroatoms. The second-order valence-electron chi connectivity index (χ2n) is 7.36. The highest BCUT2D eigenvalue weighted by Gasteiger charge is 2.45. The van der Waals surface area contributed by atoms with Crippen LogP contribution in [0.5, 0.6) is 5.75 Å². The largest absolute Gasteiger partial charge is 0.488 e. The predicted octanol–water partition coefficient (Wildman–Crippen LogP) is 1.69. The summed E-state index contributed by atoms with van der Waals surface area (Å²) in [4.78, 5) is 29.6. The van der Waals surface area contributed by atoms with E-state index < -0.39 is 6.04 Å². The third-order valence-electron chi connectivity index (χ3n) is 5.65. The number of amides is 2. The summed E-state index contributed by atoms with van der Waals surface area (Å²) < 4.78 is 11.4. The van der Waals surface area contributed by atoms with Gasteiger partial charge in [0.15, 0.2) is 0 Å². The Morgan fingerprint density at radius 3 is 2.42 bits per heavy atom. The minimum atomic E-state index is -0.407.